The molecule has 114 valence electrons. The molecule has 1 saturated carbocycles. The number of amides is 1. The van der Waals surface area contributed by atoms with Crippen molar-refractivity contribution >= 4 is 11.9 Å². The highest BCUT2D eigenvalue weighted by Crippen LogP contribution is 2.32. The van der Waals surface area contributed by atoms with E-state index in [1.807, 2.05) is 0 Å². The van der Waals surface area contributed by atoms with Crippen molar-refractivity contribution in [1.82, 2.24) is 10.6 Å². The van der Waals surface area contributed by atoms with Gasteiger partial charge in [-0.3, -0.25) is 9.59 Å². The lowest BCUT2D eigenvalue weighted by Crippen LogP contribution is -2.48. The quantitative estimate of drug-likeness (QED) is 0.714. The van der Waals surface area contributed by atoms with Crippen LogP contribution in [-0.2, 0) is 9.59 Å². The van der Waals surface area contributed by atoms with Gasteiger partial charge in [0, 0.05) is 12.6 Å². The van der Waals surface area contributed by atoms with Gasteiger partial charge in [-0.15, -0.1) is 0 Å². The fourth-order valence-electron chi connectivity index (χ4n) is 3.63. The van der Waals surface area contributed by atoms with Crippen LogP contribution in [0.5, 0.6) is 0 Å². The van der Waals surface area contributed by atoms with Gasteiger partial charge in [0.15, 0.2) is 0 Å². The molecule has 5 nitrogen and oxygen atoms in total. The highest BCUT2D eigenvalue weighted by molar-refractivity contribution is 5.83. The van der Waals surface area contributed by atoms with Crippen molar-refractivity contribution in [2.45, 2.75) is 57.9 Å². The predicted octanol–water partition coefficient (Wildman–Crippen LogP) is 1.53. The van der Waals surface area contributed by atoms with Crippen molar-refractivity contribution in [2.75, 3.05) is 13.1 Å². The molecule has 0 aromatic heterocycles. The van der Waals surface area contributed by atoms with Crippen molar-refractivity contribution in [2.24, 2.45) is 11.3 Å². The average Bonchev–Trinajstić information content (AvgIpc) is 2.89. The lowest BCUT2D eigenvalue weighted by Gasteiger charge is -2.32. The van der Waals surface area contributed by atoms with E-state index in [-0.39, 0.29) is 23.3 Å². The smallest absolute Gasteiger partial charge is 0.306 e. The van der Waals surface area contributed by atoms with E-state index in [1.165, 1.54) is 0 Å². The summed E-state index contributed by atoms with van der Waals surface area (Å²) >= 11 is 0. The number of hydrogen-bond donors (Lipinski definition) is 3. The van der Waals surface area contributed by atoms with Crippen LogP contribution in [0.4, 0.5) is 0 Å². The molecule has 3 unspecified atom stereocenters. The minimum Gasteiger partial charge on any atom is -0.481 e. The van der Waals surface area contributed by atoms with Crippen molar-refractivity contribution < 1.29 is 14.7 Å². The number of nitrogens with one attached hydrogen (secondary N) is 2. The Morgan fingerprint density at radius 1 is 1.40 bits per heavy atom. The van der Waals surface area contributed by atoms with Crippen LogP contribution in [0, 0.1) is 11.3 Å². The molecule has 1 heterocycles. The molecular weight excluding hydrogens is 256 g/mol. The van der Waals surface area contributed by atoms with Crippen LogP contribution in [0.15, 0.2) is 0 Å². The van der Waals surface area contributed by atoms with Crippen LogP contribution in [0.3, 0.4) is 0 Å². The first kappa shape index (κ1) is 15.3. The lowest BCUT2D eigenvalue weighted by atomic mass is 9.80. The van der Waals surface area contributed by atoms with Crippen LogP contribution in [0.25, 0.3) is 0 Å². The number of hydrogen-bond acceptors (Lipinski definition) is 3. The molecule has 1 saturated heterocycles. The van der Waals surface area contributed by atoms with E-state index in [9.17, 15) is 9.59 Å². The Morgan fingerprint density at radius 3 is 2.80 bits per heavy atom. The second kappa shape index (κ2) is 6.57. The Labute approximate surface area is 120 Å². The van der Waals surface area contributed by atoms with E-state index in [0.717, 1.165) is 51.6 Å². The molecule has 3 N–H and O–H groups in total. The van der Waals surface area contributed by atoms with Gasteiger partial charge < -0.3 is 15.7 Å². The molecule has 0 spiro atoms. The molecule has 1 aliphatic carbocycles. The minimum absolute atomic E-state index is 0.0340. The zero-order chi connectivity index (χ0) is 14.6. The van der Waals surface area contributed by atoms with E-state index in [0.29, 0.717) is 6.42 Å². The Bertz CT molecular complexity index is 364. The van der Waals surface area contributed by atoms with Crippen LogP contribution >= 0.6 is 0 Å². The summed E-state index contributed by atoms with van der Waals surface area (Å²) in [5, 5.41) is 15.5. The first-order valence-electron chi connectivity index (χ1n) is 7.82. The topological polar surface area (TPSA) is 78.4 Å². The van der Waals surface area contributed by atoms with Crippen molar-refractivity contribution in [3.05, 3.63) is 0 Å². The summed E-state index contributed by atoms with van der Waals surface area (Å²) in [6, 6.07) is 0.0340. The summed E-state index contributed by atoms with van der Waals surface area (Å²) in [5.41, 5.74) is -0.273. The van der Waals surface area contributed by atoms with Gasteiger partial charge in [0.25, 0.3) is 0 Å². The number of carboxylic acid groups (broad SMARTS) is 1. The summed E-state index contributed by atoms with van der Waals surface area (Å²) in [7, 11) is 0. The standard InChI is InChI=1S/C15H26N2O3/c1-2-6-15(7-8-16-10-15)14(20)17-12-5-3-4-11(9-12)13(18)19/h11-12,16H,2-10H2,1H3,(H,17,20)(H,18,19). The monoisotopic (exact) mass is 282 g/mol. The summed E-state index contributed by atoms with van der Waals surface area (Å²) < 4.78 is 0. The number of carbonyl (C=O) groups excluding carboxylic acids is 1. The Hall–Kier alpha value is -1.10. The van der Waals surface area contributed by atoms with Gasteiger partial charge in [-0.1, -0.05) is 19.8 Å². The molecule has 2 rings (SSSR count). The molecule has 3 atom stereocenters. The van der Waals surface area contributed by atoms with E-state index in [4.69, 9.17) is 5.11 Å². The van der Waals surface area contributed by atoms with Gasteiger partial charge in [0.05, 0.1) is 11.3 Å². The van der Waals surface area contributed by atoms with E-state index >= 15 is 0 Å². The SMILES string of the molecule is CCCC1(C(=O)NC2CCCC(C(=O)O)C2)CCNC1. The third-order valence-electron chi connectivity index (χ3n) is 4.81. The summed E-state index contributed by atoms with van der Waals surface area (Å²) in [6.07, 6.45) is 5.91. The van der Waals surface area contributed by atoms with Gasteiger partial charge in [0.2, 0.25) is 5.91 Å². The minimum atomic E-state index is -0.727. The zero-order valence-electron chi connectivity index (χ0n) is 12.3. The van der Waals surface area contributed by atoms with Gasteiger partial charge in [-0.25, -0.2) is 0 Å². The number of carboxylic acids is 1. The van der Waals surface area contributed by atoms with Crippen molar-refractivity contribution in [1.29, 1.82) is 0 Å². The first-order valence-corrected chi connectivity index (χ1v) is 7.82. The zero-order valence-corrected chi connectivity index (χ0v) is 12.3. The third kappa shape index (κ3) is 3.32. The predicted molar refractivity (Wildman–Crippen MR) is 76.4 cm³/mol. The maximum atomic E-state index is 12.6. The fraction of sp³-hybridized carbons (Fsp3) is 0.867. The molecule has 0 radical (unpaired) electrons. The highest BCUT2D eigenvalue weighted by Gasteiger charge is 2.41. The largest absolute Gasteiger partial charge is 0.481 e. The average molecular weight is 282 g/mol. The van der Waals surface area contributed by atoms with Gasteiger partial charge in [-0.05, 0) is 38.6 Å². The Kier molecular flexibility index (Phi) is 5.02. The molecule has 2 aliphatic rings. The molecule has 2 fully saturated rings. The molecular formula is C15H26N2O3. The molecule has 1 amide bonds. The van der Waals surface area contributed by atoms with Gasteiger partial charge >= 0.3 is 5.97 Å². The van der Waals surface area contributed by atoms with Crippen LogP contribution < -0.4 is 10.6 Å². The van der Waals surface area contributed by atoms with Crippen LogP contribution in [0.2, 0.25) is 0 Å². The third-order valence-corrected chi connectivity index (χ3v) is 4.81. The normalized spacial score (nSPS) is 33.9. The number of aliphatic carboxylic acids is 1. The number of rotatable bonds is 5. The van der Waals surface area contributed by atoms with E-state index in [1.54, 1.807) is 0 Å². The fourth-order valence-corrected chi connectivity index (χ4v) is 3.63. The van der Waals surface area contributed by atoms with E-state index < -0.39 is 5.97 Å². The van der Waals surface area contributed by atoms with Gasteiger partial charge in [0.1, 0.15) is 0 Å². The highest BCUT2D eigenvalue weighted by atomic mass is 16.4. The van der Waals surface area contributed by atoms with Crippen LogP contribution in [-0.4, -0.2) is 36.1 Å². The molecule has 0 bridgehead atoms. The molecule has 5 heteroatoms. The molecule has 1 aliphatic heterocycles. The molecule has 20 heavy (non-hydrogen) atoms. The molecule has 0 aromatic carbocycles. The van der Waals surface area contributed by atoms with Crippen LogP contribution in [0.1, 0.15) is 51.9 Å². The maximum absolute atomic E-state index is 12.6. The number of carbonyl (C=O) groups is 2. The van der Waals surface area contributed by atoms with Gasteiger partial charge in [-0.2, -0.15) is 0 Å². The Balaban J connectivity index is 1.94. The van der Waals surface area contributed by atoms with Crippen molar-refractivity contribution in [3.63, 3.8) is 0 Å². The maximum Gasteiger partial charge on any atom is 0.306 e. The summed E-state index contributed by atoms with van der Waals surface area (Å²) in [5.74, 6) is -0.895. The molecule has 0 aromatic rings. The second-order valence-electron chi connectivity index (χ2n) is 6.33. The van der Waals surface area contributed by atoms with E-state index in [2.05, 4.69) is 17.6 Å². The summed E-state index contributed by atoms with van der Waals surface area (Å²) in [6.45, 7) is 3.76. The second-order valence-corrected chi connectivity index (χ2v) is 6.33. The Morgan fingerprint density at radius 2 is 2.20 bits per heavy atom. The first-order chi connectivity index (χ1) is 9.57. The summed E-state index contributed by atoms with van der Waals surface area (Å²) in [4.78, 5) is 23.7. The lowest BCUT2D eigenvalue weighted by molar-refractivity contribution is -0.143. The van der Waals surface area contributed by atoms with Crippen molar-refractivity contribution in [3.8, 4) is 0 Å².